The van der Waals surface area contributed by atoms with E-state index in [1.807, 2.05) is 0 Å². The minimum Gasteiger partial charge on any atom is -0.478 e. The zero-order valence-corrected chi connectivity index (χ0v) is 12.7. The second-order valence-corrected chi connectivity index (χ2v) is 4.96. The Balaban J connectivity index is 1.82. The van der Waals surface area contributed by atoms with Crippen molar-refractivity contribution in [3.05, 3.63) is 65.4 Å². The first-order valence-electron chi connectivity index (χ1n) is 7.04. The van der Waals surface area contributed by atoms with Gasteiger partial charge in [-0.2, -0.15) is 0 Å². The van der Waals surface area contributed by atoms with Gasteiger partial charge in [-0.05, 0) is 25.1 Å². The summed E-state index contributed by atoms with van der Waals surface area (Å²) in [7, 11) is 0. The number of benzene rings is 1. The number of aromatic nitrogens is 4. The Hall–Kier alpha value is -3.29. The number of rotatable bonds is 5. The van der Waals surface area contributed by atoms with Crippen LogP contribution in [0.1, 0.15) is 21.7 Å². The molecule has 0 amide bonds. The van der Waals surface area contributed by atoms with E-state index in [0.29, 0.717) is 11.4 Å². The van der Waals surface area contributed by atoms with E-state index in [9.17, 15) is 9.18 Å². The van der Waals surface area contributed by atoms with E-state index in [4.69, 9.17) is 9.84 Å². The Morgan fingerprint density at radius 2 is 2.08 bits per heavy atom. The molecule has 2 aromatic heterocycles. The second-order valence-electron chi connectivity index (χ2n) is 4.96. The first-order valence-corrected chi connectivity index (χ1v) is 7.04. The Labute approximate surface area is 136 Å². The van der Waals surface area contributed by atoms with Gasteiger partial charge in [-0.1, -0.05) is 17.3 Å². The van der Waals surface area contributed by atoms with Crippen molar-refractivity contribution in [3.8, 4) is 11.6 Å². The number of pyridine rings is 1. The molecule has 0 saturated heterocycles. The SMILES string of the molecule is Cc1nnn(-c2ccccc2F)c1COc1ccc(C(=O)O)cn1. The van der Waals surface area contributed by atoms with Crippen molar-refractivity contribution >= 4 is 5.97 Å². The average Bonchev–Trinajstić information content (AvgIpc) is 2.94. The highest BCUT2D eigenvalue weighted by Gasteiger charge is 2.15. The number of carboxylic acid groups (broad SMARTS) is 1. The van der Waals surface area contributed by atoms with Gasteiger partial charge >= 0.3 is 5.97 Å². The van der Waals surface area contributed by atoms with Crippen LogP contribution in [-0.2, 0) is 6.61 Å². The lowest BCUT2D eigenvalue weighted by atomic mass is 10.3. The predicted molar refractivity (Wildman–Crippen MR) is 81.6 cm³/mol. The highest BCUT2D eigenvalue weighted by molar-refractivity contribution is 5.87. The van der Waals surface area contributed by atoms with Crippen LogP contribution in [0.3, 0.4) is 0 Å². The van der Waals surface area contributed by atoms with Gasteiger partial charge in [-0.25, -0.2) is 18.9 Å². The summed E-state index contributed by atoms with van der Waals surface area (Å²) < 4.78 is 20.9. The number of aryl methyl sites for hydroxylation is 1. The number of hydrogen-bond donors (Lipinski definition) is 1. The number of halogens is 1. The summed E-state index contributed by atoms with van der Waals surface area (Å²) in [4.78, 5) is 14.7. The largest absolute Gasteiger partial charge is 0.478 e. The third kappa shape index (κ3) is 3.07. The van der Waals surface area contributed by atoms with Gasteiger partial charge < -0.3 is 9.84 Å². The maximum absolute atomic E-state index is 14.0. The van der Waals surface area contributed by atoms with Gasteiger partial charge in [0.05, 0.1) is 11.3 Å². The monoisotopic (exact) mass is 328 g/mol. The number of aromatic carboxylic acids is 1. The number of ether oxygens (including phenoxy) is 1. The molecule has 0 spiro atoms. The minimum atomic E-state index is -1.06. The molecule has 1 aromatic carbocycles. The zero-order chi connectivity index (χ0) is 17.1. The van der Waals surface area contributed by atoms with Crippen LogP contribution in [0.5, 0.6) is 5.88 Å². The number of carbonyl (C=O) groups is 1. The van der Waals surface area contributed by atoms with Gasteiger partial charge in [0, 0.05) is 12.3 Å². The fourth-order valence-corrected chi connectivity index (χ4v) is 2.09. The maximum Gasteiger partial charge on any atom is 0.337 e. The quantitative estimate of drug-likeness (QED) is 0.773. The van der Waals surface area contributed by atoms with Crippen LogP contribution in [0.25, 0.3) is 5.69 Å². The molecule has 0 saturated carbocycles. The third-order valence-electron chi connectivity index (χ3n) is 3.38. The lowest BCUT2D eigenvalue weighted by Gasteiger charge is -2.09. The molecule has 8 heteroatoms. The molecular formula is C16H13FN4O3. The standard InChI is InChI=1S/C16H13FN4O3/c1-10-14(9-24-15-7-6-11(8-18-15)16(22)23)21(20-19-10)13-5-3-2-4-12(13)17/h2-8H,9H2,1H3,(H,22,23). The normalized spacial score (nSPS) is 10.6. The lowest BCUT2D eigenvalue weighted by molar-refractivity contribution is 0.0696. The van der Waals surface area contributed by atoms with E-state index in [0.717, 1.165) is 0 Å². The maximum atomic E-state index is 14.0. The van der Waals surface area contributed by atoms with Crippen LogP contribution in [0, 0.1) is 12.7 Å². The summed E-state index contributed by atoms with van der Waals surface area (Å²) in [5, 5.41) is 16.7. The van der Waals surface area contributed by atoms with E-state index in [-0.39, 0.29) is 23.7 Å². The number of para-hydroxylation sites is 1. The fourth-order valence-electron chi connectivity index (χ4n) is 2.09. The van der Waals surface area contributed by atoms with E-state index in [1.165, 1.54) is 29.1 Å². The van der Waals surface area contributed by atoms with Crippen LogP contribution in [0.4, 0.5) is 4.39 Å². The molecule has 2 heterocycles. The molecule has 0 bridgehead atoms. The summed E-state index contributed by atoms with van der Waals surface area (Å²) in [5.74, 6) is -1.24. The number of hydrogen-bond acceptors (Lipinski definition) is 5. The molecule has 3 rings (SSSR count). The van der Waals surface area contributed by atoms with Crippen molar-refractivity contribution in [1.82, 2.24) is 20.0 Å². The predicted octanol–water partition coefficient (Wildman–Crippen LogP) is 2.39. The Morgan fingerprint density at radius 1 is 1.29 bits per heavy atom. The van der Waals surface area contributed by atoms with E-state index >= 15 is 0 Å². The summed E-state index contributed by atoms with van der Waals surface area (Å²) >= 11 is 0. The van der Waals surface area contributed by atoms with Crippen molar-refractivity contribution in [1.29, 1.82) is 0 Å². The van der Waals surface area contributed by atoms with Gasteiger partial charge in [-0.15, -0.1) is 5.10 Å². The Kier molecular flexibility index (Phi) is 4.19. The van der Waals surface area contributed by atoms with Gasteiger partial charge in [-0.3, -0.25) is 0 Å². The van der Waals surface area contributed by atoms with E-state index in [2.05, 4.69) is 15.3 Å². The highest BCUT2D eigenvalue weighted by atomic mass is 19.1. The van der Waals surface area contributed by atoms with Gasteiger partial charge in [0.2, 0.25) is 5.88 Å². The van der Waals surface area contributed by atoms with Crippen molar-refractivity contribution in [2.75, 3.05) is 0 Å². The number of carboxylic acids is 1. The first kappa shape index (κ1) is 15.6. The molecule has 0 atom stereocenters. The van der Waals surface area contributed by atoms with Crippen molar-refractivity contribution in [2.45, 2.75) is 13.5 Å². The first-order chi connectivity index (χ1) is 11.6. The molecule has 0 unspecified atom stereocenters. The summed E-state index contributed by atoms with van der Waals surface area (Å²) in [6.45, 7) is 1.80. The summed E-state index contributed by atoms with van der Waals surface area (Å²) in [6, 6.07) is 9.06. The fraction of sp³-hybridized carbons (Fsp3) is 0.125. The van der Waals surface area contributed by atoms with Crippen molar-refractivity contribution < 1.29 is 19.0 Å². The van der Waals surface area contributed by atoms with Gasteiger partial charge in [0.15, 0.2) is 0 Å². The highest BCUT2D eigenvalue weighted by Crippen LogP contribution is 2.18. The molecule has 7 nitrogen and oxygen atoms in total. The zero-order valence-electron chi connectivity index (χ0n) is 12.7. The number of nitrogens with zero attached hydrogens (tertiary/aromatic N) is 4. The van der Waals surface area contributed by atoms with Gasteiger partial charge in [0.25, 0.3) is 0 Å². The molecule has 1 N–H and O–H groups in total. The van der Waals surface area contributed by atoms with Crippen LogP contribution < -0.4 is 4.74 Å². The van der Waals surface area contributed by atoms with Gasteiger partial charge in [0.1, 0.15) is 23.8 Å². The molecule has 0 aliphatic heterocycles. The molecular weight excluding hydrogens is 315 g/mol. The summed E-state index contributed by atoms with van der Waals surface area (Å²) in [6.07, 6.45) is 1.21. The Bertz CT molecular complexity index is 877. The van der Waals surface area contributed by atoms with Crippen LogP contribution >= 0.6 is 0 Å². The van der Waals surface area contributed by atoms with Crippen LogP contribution in [0.15, 0.2) is 42.6 Å². The van der Waals surface area contributed by atoms with Crippen molar-refractivity contribution in [3.63, 3.8) is 0 Å². The van der Waals surface area contributed by atoms with Crippen molar-refractivity contribution in [2.24, 2.45) is 0 Å². The molecule has 122 valence electrons. The molecule has 0 aliphatic rings. The molecule has 3 aromatic rings. The molecule has 0 aliphatic carbocycles. The topological polar surface area (TPSA) is 90.1 Å². The molecule has 0 radical (unpaired) electrons. The molecule has 24 heavy (non-hydrogen) atoms. The third-order valence-corrected chi connectivity index (χ3v) is 3.38. The Morgan fingerprint density at radius 3 is 2.75 bits per heavy atom. The van der Waals surface area contributed by atoms with E-state index in [1.54, 1.807) is 25.1 Å². The second kappa shape index (κ2) is 6.45. The summed E-state index contributed by atoms with van der Waals surface area (Å²) in [5.41, 5.74) is 1.51. The van der Waals surface area contributed by atoms with Crippen LogP contribution in [0.2, 0.25) is 0 Å². The van der Waals surface area contributed by atoms with Crippen LogP contribution in [-0.4, -0.2) is 31.1 Å². The minimum absolute atomic E-state index is 0.0621. The van der Waals surface area contributed by atoms with E-state index < -0.39 is 11.8 Å². The average molecular weight is 328 g/mol. The lowest BCUT2D eigenvalue weighted by Crippen LogP contribution is -2.09. The smallest absolute Gasteiger partial charge is 0.337 e. The molecule has 0 fully saturated rings.